The van der Waals surface area contributed by atoms with E-state index in [0.717, 1.165) is 11.4 Å². The maximum atomic E-state index is 14.8. The Balaban J connectivity index is 1.33. The molecular formula is C34H34Cl2FN3O6S. The van der Waals surface area contributed by atoms with E-state index in [1.54, 1.807) is 48.5 Å². The second-order valence-electron chi connectivity index (χ2n) is 11.0. The zero-order valence-corrected chi connectivity index (χ0v) is 28.3. The molecule has 0 radical (unpaired) electrons. The molecule has 3 atom stereocenters. The Morgan fingerprint density at radius 1 is 1.06 bits per heavy atom. The minimum atomic E-state index is -1.04. The predicted octanol–water partition coefficient (Wildman–Crippen LogP) is 6.83. The first kappa shape index (κ1) is 34.6. The molecule has 1 fully saturated rings. The molecule has 0 spiro atoms. The van der Waals surface area contributed by atoms with E-state index in [0.29, 0.717) is 50.5 Å². The fourth-order valence-corrected chi connectivity index (χ4v) is 6.68. The third-order valence-corrected chi connectivity index (χ3v) is 9.51. The fourth-order valence-electron chi connectivity index (χ4n) is 5.32. The van der Waals surface area contributed by atoms with Crippen LogP contribution in [-0.2, 0) is 27.2 Å². The summed E-state index contributed by atoms with van der Waals surface area (Å²) in [5.41, 5.74) is 1.40. The number of carbonyl (C=O) groups excluding carboxylic acids is 2. The van der Waals surface area contributed by atoms with Gasteiger partial charge < -0.3 is 23.8 Å². The number of aromatic nitrogens is 1. The van der Waals surface area contributed by atoms with Crippen molar-refractivity contribution in [2.45, 2.75) is 37.6 Å². The number of carbonyl (C=O) groups is 2. The number of ether oxygens (including phenoxy) is 4. The molecule has 0 amide bonds. The van der Waals surface area contributed by atoms with Crippen LogP contribution in [0, 0.1) is 5.82 Å². The lowest BCUT2D eigenvalue weighted by Crippen LogP contribution is -2.33. The Morgan fingerprint density at radius 2 is 1.81 bits per heavy atom. The van der Waals surface area contributed by atoms with Crippen molar-refractivity contribution in [2.24, 2.45) is 0 Å². The molecule has 1 aliphatic rings. The highest BCUT2D eigenvalue weighted by atomic mass is 35.5. The summed E-state index contributed by atoms with van der Waals surface area (Å²) in [5, 5.41) is 3.81. The Bertz CT molecular complexity index is 1700. The summed E-state index contributed by atoms with van der Waals surface area (Å²) >= 11 is 14.0. The molecule has 248 valence electrons. The van der Waals surface area contributed by atoms with Gasteiger partial charge in [0.2, 0.25) is 0 Å². The number of hydrogen-bond acceptors (Lipinski definition) is 10. The number of likely N-dealkylation sites (N-methyl/N-ethyl adjacent to an activating group) is 1. The standard InChI is InChI=1S/C34H34Cl2FN3O6S/c1-40-13-12-21(19-40)45-34(42)32(23-6-4-5-7-27(23)37)39-16-22-9-11-31(47-22)33(41)46-29(15-24-25(35)17-38-18-26(24)36)20-8-10-28(43-2)30(14-20)44-3/h4-11,14,17-18,21,29,32,39H,12-13,15-16,19H2,1-3H3/t21-,29+,32?/m1/s1. The maximum absolute atomic E-state index is 14.8. The van der Waals surface area contributed by atoms with Crippen LogP contribution in [0.3, 0.4) is 0 Å². The Morgan fingerprint density at radius 3 is 2.49 bits per heavy atom. The van der Waals surface area contributed by atoms with Gasteiger partial charge in [0.05, 0.1) is 24.3 Å². The van der Waals surface area contributed by atoms with Crippen LogP contribution in [0.25, 0.3) is 0 Å². The second kappa shape index (κ2) is 15.9. The number of rotatable bonds is 13. The molecule has 1 unspecified atom stereocenters. The van der Waals surface area contributed by atoms with Gasteiger partial charge in [-0.3, -0.25) is 10.3 Å². The maximum Gasteiger partial charge on any atom is 0.348 e. The molecule has 4 aromatic rings. The highest BCUT2D eigenvalue weighted by Crippen LogP contribution is 2.36. The van der Waals surface area contributed by atoms with Gasteiger partial charge in [-0.1, -0.05) is 47.5 Å². The molecule has 1 aliphatic heterocycles. The molecule has 0 aliphatic carbocycles. The monoisotopic (exact) mass is 701 g/mol. The summed E-state index contributed by atoms with van der Waals surface area (Å²) in [6.07, 6.45) is 2.79. The van der Waals surface area contributed by atoms with Gasteiger partial charge in [0, 0.05) is 48.9 Å². The minimum Gasteiger partial charge on any atom is -0.493 e. The third kappa shape index (κ3) is 8.60. The van der Waals surface area contributed by atoms with Crippen molar-refractivity contribution in [3.8, 4) is 11.5 Å². The van der Waals surface area contributed by atoms with Crippen LogP contribution in [0.2, 0.25) is 10.0 Å². The number of nitrogens with one attached hydrogen (secondary N) is 1. The normalized spacial score (nSPS) is 16.0. The molecule has 1 N–H and O–H groups in total. The van der Waals surface area contributed by atoms with Crippen molar-refractivity contribution in [1.82, 2.24) is 15.2 Å². The summed E-state index contributed by atoms with van der Waals surface area (Å²) in [4.78, 5) is 33.9. The topological polar surface area (TPSA) is 99.2 Å². The van der Waals surface area contributed by atoms with Gasteiger partial charge >= 0.3 is 11.9 Å². The number of benzene rings is 2. The van der Waals surface area contributed by atoms with Crippen LogP contribution in [0.4, 0.5) is 4.39 Å². The molecule has 5 rings (SSSR count). The van der Waals surface area contributed by atoms with Crippen LogP contribution in [0.15, 0.2) is 67.0 Å². The van der Waals surface area contributed by atoms with Gasteiger partial charge in [-0.05, 0) is 54.9 Å². The SMILES string of the molecule is COc1ccc([C@H](Cc2c(Cl)cncc2Cl)OC(=O)c2ccc(CNC(C(=O)O[C@@H]3CCN(C)C3)c3ccccc3F)s2)cc1OC. The van der Waals surface area contributed by atoms with Gasteiger partial charge in [0.15, 0.2) is 11.5 Å². The molecule has 0 saturated carbocycles. The highest BCUT2D eigenvalue weighted by Gasteiger charge is 2.30. The summed E-state index contributed by atoms with van der Waals surface area (Å²) in [5.74, 6) is -0.665. The van der Waals surface area contributed by atoms with E-state index in [1.807, 2.05) is 7.05 Å². The van der Waals surface area contributed by atoms with Crippen molar-refractivity contribution in [3.05, 3.63) is 109 Å². The Hall–Kier alpha value is -3.74. The van der Waals surface area contributed by atoms with Crippen LogP contribution in [0.1, 0.15) is 49.8 Å². The number of esters is 2. The van der Waals surface area contributed by atoms with Crippen LogP contribution >= 0.6 is 34.5 Å². The first-order valence-corrected chi connectivity index (χ1v) is 16.4. The molecule has 2 aromatic heterocycles. The summed E-state index contributed by atoms with van der Waals surface area (Å²) in [6.45, 7) is 1.62. The number of hydrogen-bond donors (Lipinski definition) is 1. The molecule has 13 heteroatoms. The van der Waals surface area contributed by atoms with Crippen LogP contribution in [-0.4, -0.2) is 62.3 Å². The molecule has 2 aromatic carbocycles. The molecule has 0 bridgehead atoms. The lowest BCUT2D eigenvalue weighted by atomic mass is 10.0. The van der Waals surface area contributed by atoms with E-state index in [9.17, 15) is 14.0 Å². The van der Waals surface area contributed by atoms with Gasteiger partial charge in [0.1, 0.15) is 28.9 Å². The van der Waals surface area contributed by atoms with Crippen molar-refractivity contribution < 1.29 is 32.9 Å². The lowest BCUT2D eigenvalue weighted by Gasteiger charge is -2.21. The first-order chi connectivity index (χ1) is 22.7. The average molecular weight is 703 g/mol. The zero-order valence-electron chi connectivity index (χ0n) is 26.0. The second-order valence-corrected chi connectivity index (χ2v) is 13.0. The smallest absolute Gasteiger partial charge is 0.348 e. The van der Waals surface area contributed by atoms with E-state index < -0.39 is 29.9 Å². The first-order valence-electron chi connectivity index (χ1n) is 14.8. The summed E-state index contributed by atoms with van der Waals surface area (Å²) < 4.78 is 37.4. The van der Waals surface area contributed by atoms with Gasteiger partial charge in [0.25, 0.3) is 0 Å². The predicted molar refractivity (Wildman–Crippen MR) is 178 cm³/mol. The molecule has 9 nitrogen and oxygen atoms in total. The van der Waals surface area contributed by atoms with E-state index >= 15 is 0 Å². The van der Waals surface area contributed by atoms with E-state index in [-0.39, 0.29) is 24.6 Å². The number of nitrogens with zero attached hydrogens (tertiary/aromatic N) is 2. The summed E-state index contributed by atoms with van der Waals surface area (Å²) in [6, 6.07) is 13.7. The van der Waals surface area contributed by atoms with Gasteiger partial charge in [-0.25, -0.2) is 14.0 Å². The van der Waals surface area contributed by atoms with Crippen molar-refractivity contribution in [3.63, 3.8) is 0 Å². The number of methoxy groups -OCH3 is 2. The number of halogens is 3. The average Bonchev–Trinajstić information content (AvgIpc) is 3.71. The Labute approximate surface area is 286 Å². The third-order valence-electron chi connectivity index (χ3n) is 7.80. The number of thiophene rings is 1. The quantitative estimate of drug-likeness (QED) is 0.151. The van der Waals surface area contributed by atoms with E-state index in [4.69, 9.17) is 42.1 Å². The molecule has 3 heterocycles. The van der Waals surface area contributed by atoms with Crippen molar-refractivity contribution >= 4 is 46.5 Å². The zero-order chi connectivity index (χ0) is 33.5. The largest absolute Gasteiger partial charge is 0.493 e. The lowest BCUT2D eigenvalue weighted by molar-refractivity contribution is -0.151. The van der Waals surface area contributed by atoms with Crippen molar-refractivity contribution in [2.75, 3.05) is 34.4 Å². The Kier molecular flexibility index (Phi) is 11.7. The fraction of sp³-hybridized carbons (Fsp3) is 0.324. The van der Waals surface area contributed by atoms with Crippen LogP contribution < -0.4 is 14.8 Å². The van der Waals surface area contributed by atoms with Crippen LogP contribution in [0.5, 0.6) is 11.5 Å². The van der Waals surface area contributed by atoms with Gasteiger partial charge in [-0.2, -0.15) is 0 Å². The molecule has 1 saturated heterocycles. The number of likely N-dealkylation sites (tertiary alicyclic amines) is 1. The minimum absolute atomic E-state index is 0.171. The summed E-state index contributed by atoms with van der Waals surface area (Å²) in [7, 11) is 5.01. The molecule has 47 heavy (non-hydrogen) atoms. The van der Waals surface area contributed by atoms with E-state index in [1.165, 1.54) is 44.0 Å². The highest BCUT2D eigenvalue weighted by molar-refractivity contribution is 7.13. The van der Waals surface area contributed by atoms with Crippen molar-refractivity contribution in [1.29, 1.82) is 0 Å². The van der Waals surface area contributed by atoms with Gasteiger partial charge in [-0.15, -0.1) is 11.3 Å². The van der Waals surface area contributed by atoms with E-state index in [2.05, 4.69) is 15.2 Å². The molecular weight excluding hydrogens is 668 g/mol. The number of pyridine rings is 1.